The molecule has 17 heavy (non-hydrogen) atoms. The van der Waals surface area contributed by atoms with E-state index in [4.69, 9.17) is 4.74 Å². The third-order valence-electron chi connectivity index (χ3n) is 2.47. The van der Waals surface area contributed by atoms with Gasteiger partial charge in [0.1, 0.15) is 0 Å². The zero-order valence-corrected chi connectivity index (χ0v) is 12.3. The number of unbranched alkanes of at least 4 members (excludes halogenated alkanes) is 1. The molecule has 0 radical (unpaired) electrons. The molecule has 1 aromatic carbocycles. The van der Waals surface area contributed by atoms with Crippen molar-refractivity contribution in [2.24, 2.45) is 0 Å². The quantitative estimate of drug-likeness (QED) is 0.738. The van der Waals surface area contributed by atoms with Gasteiger partial charge in [-0.15, -0.1) is 0 Å². The van der Waals surface area contributed by atoms with Crippen molar-refractivity contribution in [3.8, 4) is 0 Å². The molecule has 3 heteroatoms. The number of hydrogen-bond acceptors (Lipinski definition) is 2. The number of nitrogens with one attached hydrogen (secondary N) is 1. The summed E-state index contributed by atoms with van der Waals surface area (Å²) in [5.41, 5.74) is 1.31. The first-order valence-electron chi connectivity index (χ1n) is 6.26. The van der Waals surface area contributed by atoms with Gasteiger partial charge in [0.2, 0.25) is 0 Å². The maximum Gasteiger partial charge on any atom is 0.0518 e. The number of halogens is 1. The van der Waals surface area contributed by atoms with E-state index >= 15 is 0 Å². The summed E-state index contributed by atoms with van der Waals surface area (Å²) < 4.78 is 6.67. The van der Waals surface area contributed by atoms with Gasteiger partial charge in [-0.25, -0.2) is 0 Å². The first kappa shape index (κ1) is 14.7. The number of benzene rings is 1. The van der Waals surface area contributed by atoms with Crippen molar-refractivity contribution in [1.82, 2.24) is 5.32 Å². The fourth-order valence-corrected chi connectivity index (χ4v) is 1.96. The number of ether oxygens (including phenoxy) is 1. The zero-order chi connectivity index (χ0) is 12.5. The molecule has 0 bridgehead atoms. The van der Waals surface area contributed by atoms with Gasteiger partial charge in [0, 0.05) is 17.6 Å². The van der Waals surface area contributed by atoms with Crippen LogP contribution in [0.2, 0.25) is 0 Å². The molecular weight excluding hydrogens is 278 g/mol. The molecule has 0 aliphatic carbocycles. The lowest BCUT2D eigenvalue weighted by Gasteiger charge is -2.08. The summed E-state index contributed by atoms with van der Waals surface area (Å²) in [5, 5.41) is 3.45. The molecule has 0 heterocycles. The van der Waals surface area contributed by atoms with Crippen molar-refractivity contribution >= 4 is 15.9 Å². The van der Waals surface area contributed by atoms with Crippen LogP contribution < -0.4 is 5.32 Å². The SMILES string of the molecule is CC(C)OCCCCNCc1ccccc1Br. The molecule has 0 unspecified atom stereocenters. The second kappa shape index (κ2) is 8.67. The van der Waals surface area contributed by atoms with E-state index in [-0.39, 0.29) is 0 Å². The van der Waals surface area contributed by atoms with Gasteiger partial charge in [-0.2, -0.15) is 0 Å². The lowest BCUT2D eigenvalue weighted by Crippen LogP contribution is -2.15. The zero-order valence-electron chi connectivity index (χ0n) is 10.7. The summed E-state index contributed by atoms with van der Waals surface area (Å²) in [4.78, 5) is 0. The first-order chi connectivity index (χ1) is 8.20. The Bertz CT molecular complexity index is 315. The molecule has 1 N–H and O–H groups in total. The summed E-state index contributed by atoms with van der Waals surface area (Å²) in [6.07, 6.45) is 2.64. The third-order valence-corrected chi connectivity index (χ3v) is 3.25. The van der Waals surface area contributed by atoms with Gasteiger partial charge in [-0.05, 0) is 44.9 Å². The highest BCUT2D eigenvalue weighted by atomic mass is 79.9. The lowest BCUT2D eigenvalue weighted by atomic mass is 10.2. The van der Waals surface area contributed by atoms with Crippen LogP contribution in [0.3, 0.4) is 0 Å². The van der Waals surface area contributed by atoms with Gasteiger partial charge in [0.05, 0.1) is 6.10 Å². The van der Waals surface area contributed by atoms with Gasteiger partial charge in [-0.1, -0.05) is 34.1 Å². The van der Waals surface area contributed by atoms with Gasteiger partial charge in [0.25, 0.3) is 0 Å². The van der Waals surface area contributed by atoms with Crippen LogP contribution in [0.4, 0.5) is 0 Å². The van der Waals surface area contributed by atoms with E-state index in [1.54, 1.807) is 0 Å². The predicted molar refractivity (Wildman–Crippen MR) is 76.2 cm³/mol. The highest BCUT2D eigenvalue weighted by Gasteiger charge is 1.97. The van der Waals surface area contributed by atoms with Gasteiger partial charge >= 0.3 is 0 Å². The molecule has 0 saturated heterocycles. The van der Waals surface area contributed by atoms with Crippen LogP contribution in [0.1, 0.15) is 32.3 Å². The van der Waals surface area contributed by atoms with E-state index in [2.05, 4.69) is 53.3 Å². The van der Waals surface area contributed by atoms with Gasteiger partial charge in [-0.3, -0.25) is 0 Å². The van der Waals surface area contributed by atoms with Crippen LogP contribution in [0, 0.1) is 0 Å². The molecule has 96 valence electrons. The Kier molecular flexibility index (Phi) is 7.49. The minimum atomic E-state index is 0.350. The molecule has 0 fully saturated rings. The fourth-order valence-electron chi connectivity index (χ4n) is 1.54. The van der Waals surface area contributed by atoms with E-state index in [1.807, 2.05) is 6.07 Å². The Labute approximate surface area is 113 Å². The van der Waals surface area contributed by atoms with E-state index in [0.29, 0.717) is 6.10 Å². The fraction of sp³-hybridized carbons (Fsp3) is 0.571. The van der Waals surface area contributed by atoms with E-state index in [9.17, 15) is 0 Å². The molecule has 2 nitrogen and oxygen atoms in total. The molecule has 0 amide bonds. The number of hydrogen-bond donors (Lipinski definition) is 1. The Morgan fingerprint density at radius 2 is 2.00 bits per heavy atom. The average molecular weight is 300 g/mol. The van der Waals surface area contributed by atoms with Crippen molar-refractivity contribution in [3.63, 3.8) is 0 Å². The van der Waals surface area contributed by atoms with Crippen molar-refractivity contribution in [2.45, 2.75) is 39.3 Å². The lowest BCUT2D eigenvalue weighted by molar-refractivity contribution is 0.0760. The molecule has 0 saturated carbocycles. The largest absolute Gasteiger partial charge is 0.379 e. The number of rotatable bonds is 8. The molecule has 0 aromatic heterocycles. The topological polar surface area (TPSA) is 21.3 Å². The smallest absolute Gasteiger partial charge is 0.0518 e. The molecular formula is C14H22BrNO. The summed E-state index contributed by atoms with van der Waals surface area (Å²) in [6, 6.07) is 8.32. The molecule has 0 aliphatic rings. The average Bonchev–Trinajstić information content (AvgIpc) is 2.30. The van der Waals surface area contributed by atoms with E-state index in [1.165, 1.54) is 10.0 Å². The van der Waals surface area contributed by atoms with Crippen LogP contribution in [0.25, 0.3) is 0 Å². The maximum absolute atomic E-state index is 5.49. The Balaban J connectivity index is 2.03. The predicted octanol–water partition coefficient (Wildman–Crippen LogP) is 3.74. The van der Waals surface area contributed by atoms with Crippen LogP contribution >= 0.6 is 15.9 Å². The summed E-state index contributed by atoms with van der Waals surface area (Å²) in [5.74, 6) is 0. The Morgan fingerprint density at radius 1 is 1.24 bits per heavy atom. The summed E-state index contributed by atoms with van der Waals surface area (Å²) in [6.45, 7) is 6.99. The van der Waals surface area contributed by atoms with Crippen molar-refractivity contribution in [1.29, 1.82) is 0 Å². The van der Waals surface area contributed by atoms with Crippen molar-refractivity contribution in [3.05, 3.63) is 34.3 Å². The van der Waals surface area contributed by atoms with Crippen LogP contribution in [0.5, 0.6) is 0 Å². The van der Waals surface area contributed by atoms with Crippen LogP contribution in [-0.4, -0.2) is 19.3 Å². The molecule has 1 aromatic rings. The molecule has 0 aliphatic heterocycles. The first-order valence-corrected chi connectivity index (χ1v) is 7.05. The highest BCUT2D eigenvalue weighted by molar-refractivity contribution is 9.10. The van der Waals surface area contributed by atoms with Crippen molar-refractivity contribution < 1.29 is 4.74 Å². The molecule has 0 atom stereocenters. The molecule has 0 spiro atoms. The van der Waals surface area contributed by atoms with Crippen molar-refractivity contribution in [2.75, 3.05) is 13.2 Å². The minimum absolute atomic E-state index is 0.350. The summed E-state index contributed by atoms with van der Waals surface area (Å²) in [7, 11) is 0. The van der Waals surface area contributed by atoms with Crippen LogP contribution in [0.15, 0.2) is 28.7 Å². The Morgan fingerprint density at radius 3 is 2.71 bits per heavy atom. The summed E-state index contributed by atoms with van der Waals surface area (Å²) >= 11 is 3.55. The van der Waals surface area contributed by atoms with E-state index < -0.39 is 0 Å². The standard InChI is InChI=1S/C14H22BrNO/c1-12(2)17-10-6-5-9-16-11-13-7-3-4-8-14(13)15/h3-4,7-8,12,16H,5-6,9-11H2,1-2H3. The van der Waals surface area contributed by atoms with Gasteiger partial charge in [0.15, 0.2) is 0 Å². The normalized spacial score (nSPS) is 11.1. The van der Waals surface area contributed by atoms with E-state index in [0.717, 1.165) is 32.5 Å². The van der Waals surface area contributed by atoms with Crippen LogP contribution in [-0.2, 0) is 11.3 Å². The maximum atomic E-state index is 5.49. The Hall–Kier alpha value is -0.380. The third kappa shape index (κ3) is 6.81. The minimum Gasteiger partial charge on any atom is -0.379 e. The monoisotopic (exact) mass is 299 g/mol. The second-order valence-corrected chi connectivity index (χ2v) is 5.25. The second-order valence-electron chi connectivity index (χ2n) is 4.39. The van der Waals surface area contributed by atoms with Gasteiger partial charge < -0.3 is 10.1 Å². The highest BCUT2D eigenvalue weighted by Crippen LogP contribution is 2.15. The molecule has 1 rings (SSSR count).